The summed E-state index contributed by atoms with van der Waals surface area (Å²) >= 11 is 1.34. The molecule has 2 aromatic heterocycles. The SMILES string of the molecule is CC(=O)c1cccc(NC(=O)Cn2nnn(-c3cccs3)c2=O)c1. The zero-order chi connectivity index (χ0) is 17.1. The summed E-state index contributed by atoms with van der Waals surface area (Å²) < 4.78 is 2.11. The number of anilines is 1. The Kier molecular flexibility index (Phi) is 4.34. The lowest BCUT2D eigenvalue weighted by Crippen LogP contribution is -2.29. The molecule has 0 saturated heterocycles. The molecule has 2 heterocycles. The van der Waals surface area contributed by atoms with Crippen molar-refractivity contribution in [1.82, 2.24) is 19.8 Å². The minimum absolute atomic E-state index is 0.0961. The predicted molar refractivity (Wildman–Crippen MR) is 88.6 cm³/mol. The van der Waals surface area contributed by atoms with E-state index in [1.807, 2.05) is 5.38 Å². The average molecular weight is 343 g/mol. The number of hydrogen-bond donors (Lipinski definition) is 1. The number of aromatic nitrogens is 4. The molecule has 1 N–H and O–H groups in total. The van der Waals surface area contributed by atoms with Crippen molar-refractivity contribution in [3.8, 4) is 5.00 Å². The van der Waals surface area contributed by atoms with E-state index < -0.39 is 11.6 Å². The molecule has 0 aliphatic heterocycles. The molecule has 0 unspecified atom stereocenters. The van der Waals surface area contributed by atoms with Gasteiger partial charge in [0.05, 0.1) is 0 Å². The number of carbonyl (C=O) groups excluding carboxylic acids is 2. The first-order valence-corrected chi connectivity index (χ1v) is 7.90. The van der Waals surface area contributed by atoms with Crippen LogP contribution in [0.5, 0.6) is 0 Å². The Morgan fingerprint density at radius 1 is 1.21 bits per heavy atom. The first-order valence-electron chi connectivity index (χ1n) is 7.02. The van der Waals surface area contributed by atoms with Crippen LogP contribution in [0.15, 0.2) is 46.6 Å². The van der Waals surface area contributed by atoms with Crippen molar-refractivity contribution in [1.29, 1.82) is 0 Å². The van der Waals surface area contributed by atoms with Crippen LogP contribution in [0.2, 0.25) is 0 Å². The second kappa shape index (κ2) is 6.59. The molecule has 0 radical (unpaired) electrons. The first kappa shape index (κ1) is 15.8. The fourth-order valence-electron chi connectivity index (χ4n) is 2.05. The van der Waals surface area contributed by atoms with Crippen molar-refractivity contribution in [3.05, 3.63) is 57.8 Å². The minimum atomic E-state index is -0.495. The molecule has 122 valence electrons. The first-order chi connectivity index (χ1) is 11.5. The fraction of sp³-hybridized carbons (Fsp3) is 0.133. The van der Waals surface area contributed by atoms with Gasteiger partial charge in [-0.1, -0.05) is 12.1 Å². The highest BCUT2D eigenvalue weighted by atomic mass is 32.1. The van der Waals surface area contributed by atoms with Crippen molar-refractivity contribution in [3.63, 3.8) is 0 Å². The number of hydrogen-bond acceptors (Lipinski definition) is 6. The molecule has 8 nitrogen and oxygen atoms in total. The topological polar surface area (TPSA) is 98.9 Å². The molecule has 0 fully saturated rings. The third-order valence-electron chi connectivity index (χ3n) is 3.20. The molecule has 3 rings (SSSR count). The smallest absolute Gasteiger partial charge is 0.324 e. The quantitative estimate of drug-likeness (QED) is 0.705. The van der Waals surface area contributed by atoms with E-state index in [1.165, 1.54) is 18.3 Å². The van der Waals surface area contributed by atoms with Gasteiger partial charge >= 0.3 is 5.69 Å². The van der Waals surface area contributed by atoms with Crippen LogP contribution in [0.3, 0.4) is 0 Å². The van der Waals surface area contributed by atoms with E-state index in [4.69, 9.17) is 0 Å². The van der Waals surface area contributed by atoms with E-state index in [-0.39, 0.29) is 12.3 Å². The number of Topliss-reactive ketones (excluding diaryl/α,β-unsaturated/α-hetero) is 1. The molecular formula is C15H13N5O3S. The van der Waals surface area contributed by atoms with E-state index >= 15 is 0 Å². The molecule has 0 aliphatic carbocycles. The van der Waals surface area contributed by atoms with Gasteiger partial charge in [0.25, 0.3) is 0 Å². The standard InChI is InChI=1S/C15H13N5O3S/c1-10(21)11-4-2-5-12(8-11)16-13(22)9-19-15(23)20(18-17-19)14-6-3-7-24-14/h2-8H,9H2,1H3,(H,16,22). The van der Waals surface area contributed by atoms with E-state index in [0.29, 0.717) is 16.3 Å². The monoisotopic (exact) mass is 343 g/mol. The summed E-state index contributed by atoms with van der Waals surface area (Å²) in [5.41, 5.74) is 0.477. The highest BCUT2D eigenvalue weighted by Crippen LogP contribution is 2.12. The molecule has 0 saturated carbocycles. The Labute approximate surface area is 140 Å². The van der Waals surface area contributed by atoms with Crippen LogP contribution in [0.25, 0.3) is 5.00 Å². The molecule has 0 aliphatic rings. The Hall–Kier alpha value is -3.07. The third-order valence-corrected chi connectivity index (χ3v) is 4.04. The third kappa shape index (κ3) is 3.30. The van der Waals surface area contributed by atoms with Gasteiger partial charge < -0.3 is 5.32 Å². The van der Waals surface area contributed by atoms with Crippen LogP contribution < -0.4 is 11.0 Å². The van der Waals surface area contributed by atoms with Crippen LogP contribution in [-0.2, 0) is 11.3 Å². The van der Waals surface area contributed by atoms with Gasteiger partial charge in [-0.25, -0.2) is 4.79 Å². The van der Waals surface area contributed by atoms with Crippen LogP contribution in [0.1, 0.15) is 17.3 Å². The van der Waals surface area contributed by atoms with Crippen molar-refractivity contribution in [2.45, 2.75) is 13.5 Å². The number of ketones is 1. The summed E-state index contributed by atoms with van der Waals surface area (Å²) in [6, 6.07) is 10.1. The molecule has 0 spiro atoms. The van der Waals surface area contributed by atoms with Crippen LogP contribution in [0, 0.1) is 0 Å². The Morgan fingerprint density at radius 2 is 2.04 bits per heavy atom. The molecule has 9 heteroatoms. The second-order valence-electron chi connectivity index (χ2n) is 4.97. The zero-order valence-corrected chi connectivity index (χ0v) is 13.5. The lowest BCUT2D eigenvalue weighted by Gasteiger charge is -2.05. The lowest BCUT2D eigenvalue weighted by molar-refractivity contribution is -0.117. The van der Waals surface area contributed by atoms with Crippen LogP contribution >= 0.6 is 11.3 Å². The number of thiophene rings is 1. The molecule has 0 bridgehead atoms. The maximum Gasteiger partial charge on any atom is 0.369 e. The largest absolute Gasteiger partial charge is 0.369 e. The van der Waals surface area contributed by atoms with E-state index in [2.05, 4.69) is 15.7 Å². The number of carbonyl (C=O) groups is 2. The summed E-state index contributed by atoms with van der Waals surface area (Å²) in [4.78, 5) is 35.6. The number of nitrogens with zero attached hydrogens (tertiary/aromatic N) is 4. The number of amides is 1. The second-order valence-corrected chi connectivity index (χ2v) is 5.89. The molecule has 3 aromatic rings. The zero-order valence-electron chi connectivity index (χ0n) is 12.7. The van der Waals surface area contributed by atoms with Crippen LogP contribution in [-0.4, -0.2) is 31.5 Å². The summed E-state index contributed by atoms with van der Waals surface area (Å²) in [7, 11) is 0. The summed E-state index contributed by atoms with van der Waals surface area (Å²) in [6.07, 6.45) is 0. The molecular weight excluding hydrogens is 330 g/mol. The number of benzene rings is 1. The number of rotatable bonds is 5. The van der Waals surface area contributed by atoms with E-state index in [1.54, 1.807) is 36.4 Å². The maximum atomic E-state index is 12.2. The van der Waals surface area contributed by atoms with Crippen LogP contribution in [0.4, 0.5) is 5.69 Å². The molecule has 1 amide bonds. The normalized spacial score (nSPS) is 10.5. The van der Waals surface area contributed by atoms with Crippen molar-refractivity contribution >= 4 is 28.7 Å². The van der Waals surface area contributed by atoms with Gasteiger partial charge in [0, 0.05) is 11.3 Å². The Morgan fingerprint density at radius 3 is 2.75 bits per heavy atom. The van der Waals surface area contributed by atoms with Gasteiger partial charge in [0.15, 0.2) is 5.78 Å². The molecule has 1 aromatic carbocycles. The Balaban J connectivity index is 1.73. The minimum Gasteiger partial charge on any atom is -0.324 e. The summed E-state index contributed by atoms with van der Waals surface area (Å²) in [6.45, 7) is 1.18. The average Bonchev–Trinajstić information content (AvgIpc) is 3.18. The summed E-state index contributed by atoms with van der Waals surface area (Å²) in [5, 5.41) is 12.5. The van der Waals surface area contributed by atoms with Gasteiger partial charge in [-0.2, -0.15) is 9.36 Å². The van der Waals surface area contributed by atoms with Crippen molar-refractivity contribution < 1.29 is 9.59 Å². The number of nitrogens with one attached hydrogen (secondary N) is 1. The van der Waals surface area contributed by atoms with E-state index in [9.17, 15) is 14.4 Å². The van der Waals surface area contributed by atoms with Crippen molar-refractivity contribution in [2.24, 2.45) is 0 Å². The van der Waals surface area contributed by atoms with E-state index in [0.717, 1.165) is 9.36 Å². The lowest BCUT2D eigenvalue weighted by atomic mass is 10.1. The highest BCUT2D eigenvalue weighted by Gasteiger charge is 2.13. The van der Waals surface area contributed by atoms with Gasteiger partial charge in [0.1, 0.15) is 11.5 Å². The van der Waals surface area contributed by atoms with Gasteiger partial charge in [0.2, 0.25) is 5.91 Å². The maximum absolute atomic E-state index is 12.2. The Bertz CT molecular complexity index is 942. The van der Waals surface area contributed by atoms with Gasteiger partial charge in [-0.05, 0) is 47.0 Å². The predicted octanol–water partition coefficient (Wildman–Crippen LogP) is 1.33. The fourth-order valence-corrected chi connectivity index (χ4v) is 2.72. The molecule has 0 atom stereocenters. The highest BCUT2D eigenvalue weighted by molar-refractivity contribution is 7.12. The van der Waals surface area contributed by atoms with Crippen molar-refractivity contribution in [2.75, 3.05) is 5.32 Å². The van der Waals surface area contributed by atoms with Gasteiger partial charge in [-0.3, -0.25) is 9.59 Å². The van der Waals surface area contributed by atoms with Gasteiger partial charge in [-0.15, -0.1) is 11.3 Å². The number of tetrazole rings is 1. The summed E-state index contributed by atoms with van der Waals surface area (Å²) in [5.74, 6) is -0.530. The molecule has 24 heavy (non-hydrogen) atoms.